The molecule has 0 radical (unpaired) electrons. The molecule has 1 rings (SSSR count). The highest BCUT2D eigenvalue weighted by Crippen LogP contribution is 2.16. The molecule has 0 saturated carbocycles. The van der Waals surface area contributed by atoms with E-state index in [1.54, 1.807) is 12.4 Å². The first-order valence-corrected chi connectivity index (χ1v) is 4.95. The number of rotatable bonds is 4. The van der Waals surface area contributed by atoms with Gasteiger partial charge in [-0.3, -0.25) is 4.98 Å². The minimum absolute atomic E-state index is 0.0513. The molecule has 0 amide bonds. The molecule has 3 heteroatoms. The fraction of sp³-hybridized carbons (Fsp3) is 0.545. The van der Waals surface area contributed by atoms with Crippen LogP contribution in [0, 0.1) is 5.92 Å². The van der Waals surface area contributed by atoms with Gasteiger partial charge in [-0.2, -0.15) is 0 Å². The lowest BCUT2D eigenvalue weighted by Crippen LogP contribution is -2.22. The van der Waals surface area contributed by atoms with Crippen LogP contribution in [0.4, 0.5) is 5.69 Å². The molecule has 0 aliphatic rings. The van der Waals surface area contributed by atoms with Crippen molar-refractivity contribution in [3.05, 3.63) is 24.0 Å². The summed E-state index contributed by atoms with van der Waals surface area (Å²) in [6.07, 6.45) is 3.45. The third-order valence-electron chi connectivity index (χ3n) is 2.46. The minimum Gasteiger partial charge on any atom is -0.392 e. The maximum Gasteiger partial charge on any atom is 0.0703 e. The topological polar surface area (TPSA) is 45.2 Å². The van der Waals surface area contributed by atoms with Crippen molar-refractivity contribution in [2.75, 3.05) is 5.32 Å². The molecule has 0 saturated heterocycles. The van der Waals surface area contributed by atoms with Crippen LogP contribution < -0.4 is 5.32 Å². The Bertz CT molecular complexity index is 286. The Morgan fingerprint density at radius 2 is 2.14 bits per heavy atom. The monoisotopic (exact) mass is 194 g/mol. The van der Waals surface area contributed by atoms with E-state index in [1.165, 1.54) is 0 Å². The van der Waals surface area contributed by atoms with Gasteiger partial charge in [-0.15, -0.1) is 0 Å². The molecule has 0 aromatic carbocycles. The second kappa shape index (κ2) is 4.96. The van der Waals surface area contributed by atoms with Crippen LogP contribution in [0.25, 0.3) is 0 Å². The molecule has 78 valence electrons. The van der Waals surface area contributed by atoms with Crippen LogP contribution in [0.5, 0.6) is 0 Å². The molecule has 0 aliphatic heterocycles. The van der Waals surface area contributed by atoms with E-state index >= 15 is 0 Å². The third kappa shape index (κ3) is 2.70. The molecule has 0 spiro atoms. The van der Waals surface area contributed by atoms with Gasteiger partial charge in [0.15, 0.2) is 0 Å². The summed E-state index contributed by atoms with van der Waals surface area (Å²) in [7, 11) is 0. The normalized spacial score (nSPS) is 12.9. The van der Waals surface area contributed by atoms with E-state index in [4.69, 9.17) is 5.11 Å². The van der Waals surface area contributed by atoms with Crippen molar-refractivity contribution in [3.8, 4) is 0 Å². The maximum absolute atomic E-state index is 9.10. The Kier molecular flexibility index (Phi) is 3.89. The molecule has 1 aromatic rings. The molecule has 0 fully saturated rings. The van der Waals surface area contributed by atoms with Gasteiger partial charge in [-0.25, -0.2) is 0 Å². The smallest absolute Gasteiger partial charge is 0.0703 e. The van der Waals surface area contributed by atoms with Gasteiger partial charge in [0.05, 0.1) is 18.5 Å². The lowest BCUT2D eigenvalue weighted by Gasteiger charge is -2.20. The quantitative estimate of drug-likeness (QED) is 0.771. The zero-order valence-electron chi connectivity index (χ0n) is 8.99. The number of nitrogens with zero attached hydrogens (tertiary/aromatic N) is 1. The van der Waals surface area contributed by atoms with Crippen molar-refractivity contribution in [2.24, 2.45) is 5.92 Å². The van der Waals surface area contributed by atoms with E-state index in [0.717, 1.165) is 11.3 Å². The number of pyridine rings is 1. The highest BCUT2D eigenvalue weighted by Gasteiger charge is 2.08. The van der Waals surface area contributed by atoms with Crippen LogP contribution in [-0.2, 0) is 6.61 Å². The SMILES string of the molecule is CC(C)C(C)Nc1cnccc1CO. The summed E-state index contributed by atoms with van der Waals surface area (Å²) in [6, 6.07) is 2.21. The van der Waals surface area contributed by atoms with E-state index in [1.807, 2.05) is 6.07 Å². The van der Waals surface area contributed by atoms with Crippen LogP contribution in [0.3, 0.4) is 0 Å². The first-order valence-electron chi connectivity index (χ1n) is 4.95. The summed E-state index contributed by atoms with van der Waals surface area (Å²) in [6.45, 7) is 6.49. The molecular weight excluding hydrogens is 176 g/mol. The van der Waals surface area contributed by atoms with Crippen LogP contribution in [0.1, 0.15) is 26.3 Å². The zero-order chi connectivity index (χ0) is 10.6. The third-order valence-corrected chi connectivity index (χ3v) is 2.46. The number of hydrogen-bond donors (Lipinski definition) is 2. The van der Waals surface area contributed by atoms with Crippen molar-refractivity contribution >= 4 is 5.69 Å². The van der Waals surface area contributed by atoms with E-state index in [2.05, 4.69) is 31.1 Å². The van der Waals surface area contributed by atoms with E-state index < -0.39 is 0 Å². The molecule has 2 N–H and O–H groups in total. The highest BCUT2D eigenvalue weighted by molar-refractivity contribution is 5.49. The predicted molar refractivity (Wildman–Crippen MR) is 58.1 cm³/mol. The summed E-state index contributed by atoms with van der Waals surface area (Å²) < 4.78 is 0. The van der Waals surface area contributed by atoms with Gasteiger partial charge in [0.25, 0.3) is 0 Å². The van der Waals surface area contributed by atoms with Crippen molar-refractivity contribution in [1.29, 1.82) is 0 Å². The van der Waals surface area contributed by atoms with E-state index in [0.29, 0.717) is 12.0 Å². The highest BCUT2D eigenvalue weighted by atomic mass is 16.3. The van der Waals surface area contributed by atoms with Gasteiger partial charge in [0, 0.05) is 17.8 Å². The number of aromatic nitrogens is 1. The summed E-state index contributed by atoms with van der Waals surface area (Å²) in [5.41, 5.74) is 1.82. The van der Waals surface area contributed by atoms with Crippen molar-refractivity contribution in [2.45, 2.75) is 33.4 Å². The molecule has 3 nitrogen and oxygen atoms in total. The number of aliphatic hydroxyl groups excluding tert-OH is 1. The summed E-state index contributed by atoms with van der Waals surface area (Å²) in [5.74, 6) is 0.557. The summed E-state index contributed by atoms with van der Waals surface area (Å²) >= 11 is 0. The standard InChI is InChI=1S/C11H18N2O/c1-8(2)9(3)13-11-6-12-5-4-10(11)7-14/h4-6,8-9,13-14H,7H2,1-3H3. The Labute approximate surface area is 85.2 Å². The zero-order valence-corrected chi connectivity index (χ0v) is 8.99. The maximum atomic E-state index is 9.10. The van der Waals surface area contributed by atoms with Crippen LogP contribution in [0.2, 0.25) is 0 Å². The molecular formula is C11H18N2O. The lowest BCUT2D eigenvalue weighted by atomic mass is 10.1. The van der Waals surface area contributed by atoms with E-state index in [9.17, 15) is 0 Å². The number of anilines is 1. The number of nitrogens with one attached hydrogen (secondary N) is 1. The van der Waals surface area contributed by atoms with Crippen molar-refractivity contribution < 1.29 is 5.11 Å². The van der Waals surface area contributed by atoms with Crippen LogP contribution >= 0.6 is 0 Å². The first-order chi connectivity index (χ1) is 6.65. The van der Waals surface area contributed by atoms with Gasteiger partial charge >= 0.3 is 0 Å². The molecule has 0 aliphatic carbocycles. The largest absolute Gasteiger partial charge is 0.392 e. The molecule has 14 heavy (non-hydrogen) atoms. The molecule has 1 heterocycles. The number of hydrogen-bond acceptors (Lipinski definition) is 3. The van der Waals surface area contributed by atoms with Gasteiger partial charge in [-0.1, -0.05) is 13.8 Å². The fourth-order valence-corrected chi connectivity index (χ4v) is 1.10. The predicted octanol–water partition coefficient (Wildman–Crippen LogP) is 2.03. The first kappa shape index (κ1) is 11.0. The number of aliphatic hydroxyl groups is 1. The summed E-state index contributed by atoms with van der Waals surface area (Å²) in [4.78, 5) is 4.03. The van der Waals surface area contributed by atoms with Gasteiger partial charge in [0.2, 0.25) is 0 Å². The van der Waals surface area contributed by atoms with Crippen LogP contribution in [-0.4, -0.2) is 16.1 Å². The van der Waals surface area contributed by atoms with E-state index in [-0.39, 0.29) is 6.61 Å². The molecule has 0 bridgehead atoms. The van der Waals surface area contributed by atoms with Gasteiger partial charge < -0.3 is 10.4 Å². The van der Waals surface area contributed by atoms with Crippen LogP contribution in [0.15, 0.2) is 18.5 Å². The molecule has 1 aromatic heterocycles. The lowest BCUT2D eigenvalue weighted by molar-refractivity contribution is 0.282. The Hall–Kier alpha value is -1.09. The van der Waals surface area contributed by atoms with Crippen molar-refractivity contribution in [1.82, 2.24) is 4.98 Å². The fourth-order valence-electron chi connectivity index (χ4n) is 1.10. The van der Waals surface area contributed by atoms with Gasteiger partial charge in [0.1, 0.15) is 0 Å². The average molecular weight is 194 g/mol. The van der Waals surface area contributed by atoms with Gasteiger partial charge in [-0.05, 0) is 18.9 Å². The Balaban J connectivity index is 2.75. The Morgan fingerprint density at radius 3 is 2.71 bits per heavy atom. The summed E-state index contributed by atoms with van der Waals surface area (Å²) in [5, 5.41) is 12.4. The Morgan fingerprint density at radius 1 is 1.43 bits per heavy atom. The molecule has 1 unspecified atom stereocenters. The second-order valence-corrected chi connectivity index (χ2v) is 3.87. The molecule has 1 atom stereocenters. The minimum atomic E-state index is 0.0513. The average Bonchev–Trinajstić information content (AvgIpc) is 2.18. The second-order valence-electron chi connectivity index (χ2n) is 3.87. The van der Waals surface area contributed by atoms with Crippen molar-refractivity contribution in [3.63, 3.8) is 0 Å².